The van der Waals surface area contributed by atoms with Crippen LogP contribution in [0.4, 0.5) is 5.95 Å². The smallest absolute Gasteiger partial charge is 0.407 e. The number of hydrogen-bond donors (Lipinski definition) is 1. The first-order chi connectivity index (χ1) is 7.82. The van der Waals surface area contributed by atoms with E-state index in [0.29, 0.717) is 6.61 Å². The molecule has 2 heterocycles. The highest BCUT2D eigenvalue weighted by molar-refractivity contribution is 6.61. The standard InChI is InChI=1S/C11H18BN3O2/c1-10(2)7-16-12(17-11(10,3)4)8-5-14-9(13)15-6-8/h5-6H,7H2,1-4H3,(H2,13,14,15). The van der Waals surface area contributed by atoms with Crippen LogP contribution in [-0.2, 0) is 9.31 Å². The molecule has 0 amide bonds. The van der Waals surface area contributed by atoms with E-state index in [-0.39, 0.29) is 17.0 Å². The minimum atomic E-state index is -0.418. The lowest BCUT2D eigenvalue weighted by Gasteiger charge is -2.47. The largest absolute Gasteiger partial charge is 0.497 e. The summed E-state index contributed by atoms with van der Waals surface area (Å²) in [6, 6.07) is 0. The zero-order valence-corrected chi connectivity index (χ0v) is 10.7. The van der Waals surface area contributed by atoms with E-state index in [1.54, 1.807) is 12.4 Å². The Morgan fingerprint density at radius 2 is 1.82 bits per heavy atom. The average Bonchev–Trinajstić information content (AvgIpc) is 2.23. The second-order valence-corrected chi connectivity index (χ2v) is 5.53. The van der Waals surface area contributed by atoms with Gasteiger partial charge in [-0.15, -0.1) is 0 Å². The Bertz CT molecular complexity index is 406. The van der Waals surface area contributed by atoms with Gasteiger partial charge >= 0.3 is 7.12 Å². The Hall–Kier alpha value is -1.14. The van der Waals surface area contributed by atoms with Crippen molar-refractivity contribution in [2.45, 2.75) is 33.3 Å². The molecule has 1 saturated heterocycles. The van der Waals surface area contributed by atoms with Crippen molar-refractivity contribution >= 4 is 18.5 Å². The van der Waals surface area contributed by atoms with Gasteiger partial charge in [-0.05, 0) is 13.8 Å². The lowest BCUT2D eigenvalue weighted by Crippen LogP contribution is -2.58. The Morgan fingerprint density at radius 3 is 2.35 bits per heavy atom. The van der Waals surface area contributed by atoms with E-state index < -0.39 is 7.12 Å². The van der Waals surface area contributed by atoms with E-state index in [9.17, 15) is 0 Å². The predicted molar refractivity (Wildman–Crippen MR) is 66.7 cm³/mol. The first-order valence-electron chi connectivity index (χ1n) is 5.69. The number of nitrogens with two attached hydrogens (primary N) is 1. The highest BCUT2D eigenvalue weighted by Gasteiger charge is 2.47. The minimum absolute atomic E-state index is 0.0296. The van der Waals surface area contributed by atoms with Crippen LogP contribution in [0.2, 0.25) is 0 Å². The molecule has 1 aliphatic heterocycles. The second kappa shape index (κ2) is 3.96. The monoisotopic (exact) mass is 235 g/mol. The average molecular weight is 235 g/mol. The van der Waals surface area contributed by atoms with E-state index in [1.165, 1.54) is 0 Å². The summed E-state index contributed by atoms with van der Waals surface area (Å²) in [5, 5.41) is 0. The second-order valence-electron chi connectivity index (χ2n) is 5.53. The van der Waals surface area contributed by atoms with Crippen molar-refractivity contribution < 1.29 is 9.31 Å². The van der Waals surface area contributed by atoms with Gasteiger partial charge in [0.05, 0.1) is 5.60 Å². The van der Waals surface area contributed by atoms with Crippen LogP contribution in [0.5, 0.6) is 0 Å². The van der Waals surface area contributed by atoms with Crippen molar-refractivity contribution in [2.24, 2.45) is 5.41 Å². The van der Waals surface area contributed by atoms with Crippen molar-refractivity contribution in [3.63, 3.8) is 0 Å². The van der Waals surface area contributed by atoms with Gasteiger partial charge in [0.2, 0.25) is 5.95 Å². The van der Waals surface area contributed by atoms with E-state index in [0.717, 1.165) is 5.46 Å². The molecule has 2 rings (SSSR count). The molecule has 0 spiro atoms. The van der Waals surface area contributed by atoms with Gasteiger partial charge in [0.25, 0.3) is 0 Å². The number of aromatic nitrogens is 2. The molecule has 0 radical (unpaired) electrons. The Morgan fingerprint density at radius 1 is 1.24 bits per heavy atom. The molecule has 17 heavy (non-hydrogen) atoms. The molecular formula is C11H18BN3O2. The van der Waals surface area contributed by atoms with Gasteiger partial charge in [-0.1, -0.05) is 13.8 Å². The van der Waals surface area contributed by atoms with Crippen molar-refractivity contribution in [3.8, 4) is 0 Å². The molecule has 1 aromatic heterocycles. The van der Waals surface area contributed by atoms with Gasteiger partial charge in [0, 0.05) is 29.9 Å². The summed E-state index contributed by atoms with van der Waals surface area (Å²) in [6.07, 6.45) is 3.28. The predicted octanol–water partition coefficient (Wildman–Crippen LogP) is 0.606. The minimum Gasteiger partial charge on any atom is -0.407 e. The summed E-state index contributed by atoms with van der Waals surface area (Å²) in [6.45, 7) is 9.03. The third-order valence-corrected chi connectivity index (χ3v) is 3.59. The molecule has 1 fully saturated rings. The van der Waals surface area contributed by atoms with Gasteiger partial charge in [0.15, 0.2) is 0 Å². The first kappa shape index (κ1) is 12.3. The normalized spacial score (nSPS) is 22.5. The molecule has 0 aromatic carbocycles. The Labute approximate surface area is 102 Å². The SMILES string of the molecule is CC1(C)COB(c2cnc(N)nc2)OC1(C)C. The van der Waals surface area contributed by atoms with Crippen LogP contribution in [0.3, 0.4) is 0 Å². The van der Waals surface area contributed by atoms with E-state index in [4.69, 9.17) is 15.0 Å². The van der Waals surface area contributed by atoms with E-state index in [2.05, 4.69) is 37.7 Å². The fraction of sp³-hybridized carbons (Fsp3) is 0.636. The summed E-state index contributed by atoms with van der Waals surface area (Å²) < 4.78 is 11.7. The van der Waals surface area contributed by atoms with Crippen LogP contribution in [0.15, 0.2) is 12.4 Å². The molecular weight excluding hydrogens is 217 g/mol. The van der Waals surface area contributed by atoms with Gasteiger partial charge in [-0.25, -0.2) is 9.97 Å². The van der Waals surface area contributed by atoms with Gasteiger partial charge in [-0.3, -0.25) is 0 Å². The fourth-order valence-electron chi connectivity index (χ4n) is 1.55. The maximum atomic E-state index is 5.97. The molecule has 5 nitrogen and oxygen atoms in total. The molecule has 0 atom stereocenters. The molecule has 0 aliphatic carbocycles. The van der Waals surface area contributed by atoms with Crippen LogP contribution in [-0.4, -0.2) is 29.3 Å². The lowest BCUT2D eigenvalue weighted by molar-refractivity contribution is -0.0937. The maximum absolute atomic E-state index is 5.97. The maximum Gasteiger partial charge on any atom is 0.497 e. The van der Waals surface area contributed by atoms with Gasteiger partial charge in [-0.2, -0.15) is 0 Å². The molecule has 1 aromatic rings. The molecule has 1 aliphatic rings. The van der Waals surface area contributed by atoms with Crippen molar-refractivity contribution in [2.75, 3.05) is 12.3 Å². The lowest BCUT2D eigenvalue weighted by atomic mass is 9.70. The molecule has 92 valence electrons. The van der Waals surface area contributed by atoms with Gasteiger partial charge in [0.1, 0.15) is 0 Å². The van der Waals surface area contributed by atoms with Crippen LogP contribution in [0.25, 0.3) is 0 Å². The van der Waals surface area contributed by atoms with Crippen molar-refractivity contribution in [1.82, 2.24) is 9.97 Å². The topological polar surface area (TPSA) is 70.3 Å². The quantitative estimate of drug-likeness (QED) is 0.722. The summed E-state index contributed by atoms with van der Waals surface area (Å²) in [7, 11) is -0.418. The third kappa shape index (κ3) is 2.28. The highest BCUT2D eigenvalue weighted by Crippen LogP contribution is 2.37. The van der Waals surface area contributed by atoms with Crippen LogP contribution in [0, 0.1) is 5.41 Å². The molecule has 0 bridgehead atoms. The molecule has 2 N–H and O–H groups in total. The number of rotatable bonds is 1. The number of nitrogen functional groups attached to an aromatic ring is 1. The zero-order valence-electron chi connectivity index (χ0n) is 10.7. The van der Waals surface area contributed by atoms with Crippen molar-refractivity contribution in [1.29, 1.82) is 0 Å². The Kier molecular flexibility index (Phi) is 2.87. The first-order valence-corrected chi connectivity index (χ1v) is 5.69. The molecule has 0 unspecified atom stereocenters. The summed E-state index contributed by atoms with van der Waals surface area (Å²) in [5.74, 6) is 0.254. The molecule has 6 heteroatoms. The van der Waals surface area contributed by atoms with E-state index >= 15 is 0 Å². The molecule has 0 saturated carbocycles. The van der Waals surface area contributed by atoms with Crippen LogP contribution >= 0.6 is 0 Å². The van der Waals surface area contributed by atoms with Crippen molar-refractivity contribution in [3.05, 3.63) is 12.4 Å². The number of nitrogens with zero attached hydrogens (tertiary/aromatic N) is 2. The summed E-state index contributed by atoms with van der Waals surface area (Å²) >= 11 is 0. The summed E-state index contributed by atoms with van der Waals surface area (Å²) in [5.41, 5.74) is 5.95. The Balaban J connectivity index is 2.18. The zero-order chi connectivity index (χ0) is 12.7. The van der Waals surface area contributed by atoms with Crippen LogP contribution < -0.4 is 11.2 Å². The highest BCUT2D eigenvalue weighted by atomic mass is 16.6. The van der Waals surface area contributed by atoms with E-state index in [1.807, 2.05) is 0 Å². The number of hydrogen-bond acceptors (Lipinski definition) is 5. The summed E-state index contributed by atoms with van der Waals surface area (Å²) in [4.78, 5) is 7.89. The number of anilines is 1. The van der Waals surface area contributed by atoms with Gasteiger partial charge < -0.3 is 15.0 Å². The third-order valence-electron chi connectivity index (χ3n) is 3.59. The fourth-order valence-corrected chi connectivity index (χ4v) is 1.55. The van der Waals surface area contributed by atoms with Crippen LogP contribution in [0.1, 0.15) is 27.7 Å².